The second-order valence-electron chi connectivity index (χ2n) is 4.46. The van der Waals surface area contributed by atoms with Gasteiger partial charge in [-0.3, -0.25) is 4.90 Å². The minimum Gasteiger partial charge on any atom is -0.478 e. The SMILES string of the molecule is COCCN(CCOC)Cc1cc(Cl)ccc1OCC#N. The third-order valence-electron chi connectivity index (χ3n) is 2.93. The molecule has 5 nitrogen and oxygen atoms in total. The summed E-state index contributed by atoms with van der Waals surface area (Å²) in [4.78, 5) is 2.19. The third kappa shape index (κ3) is 6.78. The van der Waals surface area contributed by atoms with Crippen molar-refractivity contribution in [2.45, 2.75) is 6.54 Å². The molecule has 0 saturated carbocycles. The Bertz CT molecular complexity index is 455. The highest BCUT2D eigenvalue weighted by Crippen LogP contribution is 2.24. The number of ether oxygens (including phenoxy) is 3. The van der Waals surface area contributed by atoms with Crippen molar-refractivity contribution in [3.05, 3.63) is 28.8 Å². The van der Waals surface area contributed by atoms with Gasteiger partial charge in [0.15, 0.2) is 6.61 Å². The van der Waals surface area contributed by atoms with Crippen molar-refractivity contribution >= 4 is 11.6 Å². The van der Waals surface area contributed by atoms with Crippen LogP contribution in [-0.2, 0) is 16.0 Å². The minimum absolute atomic E-state index is 0.0186. The van der Waals surface area contributed by atoms with E-state index in [1.54, 1.807) is 26.4 Å². The molecule has 1 rings (SSSR count). The van der Waals surface area contributed by atoms with Crippen LogP contribution in [-0.4, -0.2) is 52.0 Å². The first-order valence-electron chi connectivity index (χ1n) is 6.69. The maximum Gasteiger partial charge on any atom is 0.174 e. The Kier molecular flexibility index (Phi) is 8.79. The first-order chi connectivity index (χ1) is 10.2. The average molecular weight is 313 g/mol. The lowest BCUT2D eigenvalue weighted by molar-refractivity contribution is 0.109. The van der Waals surface area contributed by atoms with E-state index in [4.69, 9.17) is 31.1 Å². The molecule has 21 heavy (non-hydrogen) atoms. The molecule has 0 aliphatic heterocycles. The maximum atomic E-state index is 8.64. The lowest BCUT2D eigenvalue weighted by Crippen LogP contribution is -2.30. The molecular formula is C15H21ClN2O3. The van der Waals surface area contributed by atoms with E-state index in [1.165, 1.54) is 0 Å². The number of halogens is 1. The second-order valence-corrected chi connectivity index (χ2v) is 4.90. The summed E-state index contributed by atoms with van der Waals surface area (Å²) in [6.45, 7) is 3.52. The summed E-state index contributed by atoms with van der Waals surface area (Å²) in [6.07, 6.45) is 0. The monoisotopic (exact) mass is 312 g/mol. The Morgan fingerprint density at radius 3 is 2.43 bits per heavy atom. The van der Waals surface area contributed by atoms with Crippen molar-refractivity contribution in [3.8, 4) is 11.8 Å². The van der Waals surface area contributed by atoms with E-state index in [2.05, 4.69) is 4.90 Å². The van der Waals surface area contributed by atoms with Gasteiger partial charge in [-0.15, -0.1) is 0 Å². The van der Waals surface area contributed by atoms with E-state index in [0.29, 0.717) is 30.5 Å². The van der Waals surface area contributed by atoms with Gasteiger partial charge in [0.05, 0.1) is 13.2 Å². The molecule has 0 unspecified atom stereocenters. The summed E-state index contributed by atoms with van der Waals surface area (Å²) >= 11 is 6.05. The quantitative estimate of drug-likeness (QED) is 0.664. The van der Waals surface area contributed by atoms with Crippen molar-refractivity contribution in [1.82, 2.24) is 4.90 Å². The molecule has 0 amide bonds. The van der Waals surface area contributed by atoms with Crippen molar-refractivity contribution in [2.75, 3.05) is 47.1 Å². The molecule has 0 N–H and O–H groups in total. The second kappa shape index (κ2) is 10.4. The molecule has 0 bridgehead atoms. The zero-order valence-corrected chi connectivity index (χ0v) is 13.2. The van der Waals surface area contributed by atoms with Crippen LogP contribution >= 0.6 is 11.6 Å². The first-order valence-corrected chi connectivity index (χ1v) is 7.07. The molecule has 0 heterocycles. The van der Waals surface area contributed by atoms with E-state index in [9.17, 15) is 0 Å². The lowest BCUT2D eigenvalue weighted by Gasteiger charge is -2.23. The largest absolute Gasteiger partial charge is 0.478 e. The number of nitriles is 1. The smallest absolute Gasteiger partial charge is 0.174 e. The van der Waals surface area contributed by atoms with Gasteiger partial charge in [-0.2, -0.15) is 5.26 Å². The van der Waals surface area contributed by atoms with E-state index >= 15 is 0 Å². The highest BCUT2D eigenvalue weighted by Gasteiger charge is 2.11. The van der Waals surface area contributed by atoms with Gasteiger partial charge >= 0.3 is 0 Å². The summed E-state index contributed by atoms with van der Waals surface area (Å²) in [5.41, 5.74) is 0.949. The Morgan fingerprint density at radius 1 is 1.19 bits per heavy atom. The van der Waals surface area contributed by atoms with Crippen LogP contribution < -0.4 is 4.74 Å². The molecule has 0 fully saturated rings. The van der Waals surface area contributed by atoms with Crippen molar-refractivity contribution in [3.63, 3.8) is 0 Å². The molecule has 116 valence electrons. The number of methoxy groups -OCH3 is 2. The standard InChI is InChI=1S/C15H21ClN2O3/c1-19-9-6-18(7-10-20-2)12-13-11-14(16)3-4-15(13)21-8-5-17/h3-4,11H,6-10,12H2,1-2H3. The molecule has 6 heteroatoms. The number of benzene rings is 1. The van der Waals surface area contributed by atoms with Crippen LogP contribution in [0.2, 0.25) is 5.02 Å². The van der Waals surface area contributed by atoms with Crippen LogP contribution in [0.4, 0.5) is 0 Å². The molecule has 0 radical (unpaired) electrons. The van der Waals surface area contributed by atoms with Crippen LogP contribution in [0.5, 0.6) is 5.75 Å². The maximum absolute atomic E-state index is 8.64. The average Bonchev–Trinajstić information content (AvgIpc) is 2.49. The van der Waals surface area contributed by atoms with Gasteiger partial charge in [-0.25, -0.2) is 0 Å². The fourth-order valence-electron chi connectivity index (χ4n) is 1.87. The van der Waals surface area contributed by atoms with Gasteiger partial charge in [0.25, 0.3) is 0 Å². The van der Waals surface area contributed by atoms with Crippen LogP contribution in [0.25, 0.3) is 0 Å². The molecule has 1 aromatic carbocycles. The van der Waals surface area contributed by atoms with E-state index in [0.717, 1.165) is 18.7 Å². The lowest BCUT2D eigenvalue weighted by atomic mass is 10.2. The molecule has 0 aromatic heterocycles. The van der Waals surface area contributed by atoms with Gasteiger partial charge in [0.1, 0.15) is 11.8 Å². The summed E-state index contributed by atoms with van der Waals surface area (Å²) in [7, 11) is 3.35. The van der Waals surface area contributed by atoms with Crippen LogP contribution in [0.3, 0.4) is 0 Å². The fourth-order valence-corrected chi connectivity index (χ4v) is 2.07. The van der Waals surface area contributed by atoms with Crippen molar-refractivity contribution in [2.24, 2.45) is 0 Å². The van der Waals surface area contributed by atoms with Crippen LogP contribution in [0.1, 0.15) is 5.56 Å². The summed E-state index contributed by atoms with van der Waals surface area (Å²) in [5.74, 6) is 0.681. The number of hydrogen-bond acceptors (Lipinski definition) is 5. The Morgan fingerprint density at radius 2 is 1.86 bits per heavy atom. The topological polar surface area (TPSA) is 54.7 Å². The molecule has 0 aliphatic carbocycles. The van der Waals surface area contributed by atoms with Crippen molar-refractivity contribution in [1.29, 1.82) is 5.26 Å². The van der Waals surface area contributed by atoms with E-state index in [1.807, 2.05) is 12.1 Å². The van der Waals surface area contributed by atoms with Gasteiger partial charge in [-0.05, 0) is 18.2 Å². The molecule has 1 aromatic rings. The summed E-state index contributed by atoms with van der Waals surface area (Å²) < 4.78 is 15.7. The van der Waals surface area contributed by atoms with Gasteiger partial charge in [-0.1, -0.05) is 11.6 Å². The molecule has 0 atom stereocenters. The highest BCUT2D eigenvalue weighted by molar-refractivity contribution is 6.30. The predicted molar refractivity (Wildman–Crippen MR) is 81.6 cm³/mol. The van der Waals surface area contributed by atoms with Crippen LogP contribution in [0.15, 0.2) is 18.2 Å². The number of hydrogen-bond donors (Lipinski definition) is 0. The summed E-state index contributed by atoms with van der Waals surface area (Å²) in [5, 5.41) is 9.29. The van der Waals surface area contributed by atoms with Crippen LogP contribution in [0, 0.1) is 11.3 Å². The predicted octanol–water partition coefficient (Wildman–Crippen LogP) is 2.34. The zero-order chi connectivity index (χ0) is 15.5. The fraction of sp³-hybridized carbons (Fsp3) is 0.533. The third-order valence-corrected chi connectivity index (χ3v) is 3.17. The first kappa shape index (κ1) is 17.7. The Labute approximate surface area is 131 Å². The molecule has 0 saturated heterocycles. The van der Waals surface area contributed by atoms with E-state index < -0.39 is 0 Å². The minimum atomic E-state index is 0.0186. The number of nitrogens with zero attached hydrogens (tertiary/aromatic N) is 2. The van der Waals surface area contributed by atoms with Gasteiger partial charge in [0.2, 0.25) is 0 Å². The Balaban J connectivity index is 2.79. The summed E-state index contributed by atoms with van der Waals surface area (Å²) in [6, 6.07) is 7.38. The van der Waals surface area contributed by atoms with Crippen molar-refractivity contribution < 1.29 is 14.2 Å². The van der Waals surface area contributed by atoms with E-state index in [-0.39, 0.29) is 6.61 Å². The molecule has 0 spiro atoms. The Hall–Kier alpha value is -1.32. The normalized spacial score (nSPS) is 10.6. The highest BCUT2D eigenvalue weighted by atomic mass is 35.5. The number of rotatable bonds is 10. The zero-order valence-electron chi connectivity index (χ0n) is 12.5. The van der Waals surface area contributed by atoms with Gasteiger partial charge in [0, 0.05) is 44.4 Å². The van der Waals surface area contributed by atoms with Gasteiger partial charge < -0.3 is 14.2 Å². The molecule has 0 aliphatic rings. The molecular weight excluding hydrogens is 292 g/mol.